The Balaban J connectivity index is 1.54. The molecule has 1 aromatic heterocycles. The van der Waals surface area contributed by atoms with Gasteiger partial charge in [-0.25, -0.2) is 4.79 Å². The van der Waals surface area contributed by atoms with E-state index >= 15 is 0 Å². The number of esters is 1. The third-order valence-corrected chi connectivity index (χ3v) is 6.93. The molecule has 0 saturated carbocycles. The largest absolute Gasteiger partial charge is 0.462 e. The van der Waals surface area contributed by atoms with Crippen LogP contribution in [0.25, 0.3) is 0 Å². The van der Waals surface area contributed by atoms with E-state index in [1.165, 1.54) is 16.2 Å². The number of aryl methyl sites for hydroxylation is 1. The van der Waals surface area contributed by atoms with Crippen molar-refractivity contribution in [2.75, 3.05) is 25.5 Å². The molecule has 0 atom stereocenters. The van der Waals surface area contributed by atoms with E-state index in [0.29, 0.717) is 17.2 Å². The molecule has 4 rings (SSSR count). The minimum Gasteiger partial charge on any atom is -0.462 e. The molecule has 6 heteroatoms. The summed E-state index contributed by atoms with van der Waals surface area (Å²) in [7, 11) is 1.95. The third-order valence-electron chi connectivity index (χ3n) is 5.72. The van der Waals surface area contributed by atoms with Gasteiger partial charge < -0.3 is 10.1 Å². The van der Waals surface area contributed by atoms with Crippen LogP contribution >= 0.6 is 11.3 Å². The number of hydrogen-bond donors (Lipinski definition) is 1. The lowest BCUT2D eigenvalue weighted by molar-refractivity contribution is -0.117. The van der Waals surface area contributed by atoms with E-state index < -0.39 is 0 Å². The number of anilines is 1. The summed E-state index contributed by atoms with van der Waals surface area (Å²) in [4.78, 5) is 28.9. The number of hydrogen-bond acceptors (Lipinski definition) is 5. The van der Waals surface area contributed by atoms with E-state index in [2.05, 4.69) is 29.6 Å². The summed E-state index contributed by atoms with van der Waals surface area (Å²) >= 11 is 1.51. The summed E-state index contributed by atoms with van der Waals surface area (Å²) in [5.41, 5.74) is 3.83. The van der Waals surface area contributed by atoms with Gasteiger partial charge in [0.15, 0.2) is 0 Å². The first-order chi connectivity index (χ1) is 15.6. The van der Waals surface area contributed by atoms with E-state index in [0.717, 1.165) is 36.0 Å². The van der Waals surface area contributed by atoms with Gasteiger partial charge in [0.2, 0.25) is 5.91 Å². The maximum Gasteiger partial charge on any atom is 0.341 e. The smallest absolute Gasteiger partial charge is 0.341 e. The highest BCUT2D eigenvalue weighted by molar-refractivity contribution is 7.17. The van der Waals surface area contributed by atoms with Crippen LogP contribution in [0.15, 0.2) is 60.7 Å². The molecule has 1 aliphatic carbocycles. The molecule has 1 amide bonds. The number of benzene rings is 2. The zero-order valence-electron chi connectivity index (χ0n) is 18.5. The SMILES string of the molecule is CCOC(=O)c1c(NC(=O)CN(C)C(c2ccccc2)c2ccccc2)sc2c1CCC2. The fourth-order valence-electron chi connectivity index (χ4n) is 4.37. The van der Waals surface area contributed by atoms with E-state index in [9.17, 15) is 9.59 Å². The minimum absolute atomic E-state index is 0.0546. The van der Waals surface area contributed by atoms with Gasteiger partial charge in [-0.2, -0.15) is 0 Å². The van der Waals surface area contributed by atoms with Gasteiger partial charge in [-0.05, 0) is 49.9 Å². The molecule has 0 radical (unpaired) electrons. The first-order valence-electron chi connectivity index (χ1n) is 11.0. The highest BCUT2D eigenvalue weighted by atomic mass is 32.1. The van der Waals surface area contributed by atoms with Crippen LogP contribution in [0, 0.1) is 0 Å². The summed E-state index contributed by atoms with van der Waals surface area (Å²) in [5.74, 6) is -0.489. The lowest BCUT2D eigenvalue weighted by atomic mass is 9.97. The first kappa shape index (κ1) is 22.2. The Kier molecular flexibility index (Phi) is 7.02. The number of rotatable bonds is 8. The van der Waals surface area contributed by atoms with Gasteiger partial charge in [0, 0.05) is 4.88 Å². The number of ether oxygens (including phenoxy) is 1. The molecule has 3 aromatic rings. The van der Waals surface area contributed by atoms with Crippen molar-refractivity contribution in [3.63, 3.8) is 0 Å². The Morgan fingerprint density at radius 3 is 2.25 bits per heavy atom. The van der Waals surface area contributed by atoms with Crippen molar-refractivity contribution < 1.29 is 14.3 Å². The zero-order chi connectivity index (χ0) is 22.5. The standard InChI is InChI=1S/C26H28N2O3S/c1-3-31-26(30)23-20-15-10-16-21(20)32-25(23)27-22(29)17-28(2)24(18-11-6-4-7-12-18)19-13-8-5-9-14-19/h4-9,11-14,24H,3,10,15-17H2,1-2H3,(H,27,29). The third kappa shape index (κ3) is 4.76. The van der Waals surface area contributed by atoms with Crippen molar-refractivity contribution in [1.29, 1.82) is 0 Å². The number of likely N-dealkylation sites (N-methyl/N-ethyl adjacent to an activating group) is 1. The molecule has 0 spiro atoms. The van der Waals surface area contributed by atoms with Crippen molar-refractivity contribution in [2.45, 2.75) is 32.2 Å². The molecule has 32 heavy (non-hydrogen) atoms. The molecule has 1 heterocycles. The van der Waals surface area contributed by atoms with Crippen molar-refractivity contribution >= 4 is 28.2 Å². The number of amides is 1. The number of carbonyl (C=O) groups excluding carboxylic acids is 2. The number of thiophene rings is 1. The van der Waals surface area contributed by atoms with Crippen LogP contribution in [0.4, 0.5) is 5.00 Å². The predicted octanol–water partition coefficient (Wildman–Crippen LogP) is 5.07. The highest BCUT2D eigenvalue weighted by Crippen LogP contribution is 2.39. The Hall–Kier alpha value is -2.96. The quantitative estimate of drug-likeness (QED) is 0.489. The van der Waals surface area contributed by atoms with Crippen LogP contribution in [0.1, 0.15) is 51.3 Å². The van der Waals surface area contributed by atoms with E-state index in [4.69, 9.17) is 4.74 Å². The molecule has 0 saturated heterocycles. The molecule has 1 N–H and O–H groups in total. The van der Waals surface area contributed by atoms with Crippen LogP contribution in [0.2, 0.25) is 0 Å². The highest BCUT2D eigenvalue weighted by Gasteiger charge is 2.29. The average molecular weight is 449 g/mol. The number of nitrogens with one attached hydrogen (secondary N) is 1. The Bertz CT molecular complexity index is 1040. The van der Waals surface area contributed by atoms with E-state index in [-0.39, 0.29) is 24.5 Å². The Morgan fingerprint density at radius 2 is 1.66 bits per heavy atom. The van der Waals surface area contributed by atoms with Crippen molar-refractivity contribution in [3.8, 4) is 0 Å². The summed E-state index contributed by atoms with van der Waals surface area (Å²) in [6.45, 7) is 2.31. The second kappa shape index (κ2) is 10.1. The van der Waals surface area contributed by atoms with Crippen LogP contribution < -0.4 is 5.32 Å². The average Bonchev–Trinajstić information content (AvgIpc) is 3.36. The lowest BCUT2D eigenvalue weighted by Crippen LogP contribution is -2.34. The monoisotopic (exact) mass is 448 g/mol. The molecular formula is C26H28N2O3S. The lowest BCUT2D eigenvalue weighted by Gasteiger charge is -2.28. The molecule has 0 unspecified atom stereocenters. The molecule has 0 bridgehead atoms. The number of nitrogens with zero attached hydrogens (tertiary/aromatic N) is 1. The number of carbonyl (C=O) groups is 2. The van der Waals surface area contributed by atoms with Gasteiger partial charge in [-0.15, -0.1) is 11.3 Å². The molecule has 2 aromatic carbocycles. The van der Waals surface area contributed by atoms with Gasteiger partial charge in [0.1, 0.15) is 5.00 Å². The van der Waals surface area contributed by atoms with Crippen LogP contribution in [-0.4, -0.2) is 37.0 Å². The fourth-order valence-corrected chi connectivity index (χ4v) is 5.66. The Morgan fingerprint density at radius 1 is 1.03 bits per heavy atom. The maximum absolute atomic E-state index is 13.1. The van der Waals surface area contributed by atoms with Gasteiger partial charge in [-0.3, -0.25) is 9.69 Å². The Labute approximate surface area is 193 Å². The van der Waals surface area contributed by atoms with Gasteiger partial charge in [-0.1, -0.05) is 60.7 Å². The van der Waals surface area contributed by atoms with E-state index in [1.54, 1.807) is 6.92 Å². The minimum atomic E-state index is -0.345. The molecule has 5 nitrogen and oxygen atoms in total. The second-order valence-corrected chi connectivity index (χ2v) is 9.07. The number of fused-ring (bicyclic) bond motifs is 1. The van der Waals surface area contributed by atoms with Crippen LogP contribution in [-0.2, 0) is 22.4 Å². The summed E-state index contributed by atoms with van der Waals surface area (Å²) < 4.78 is 5.27. The topological polar surface area (TPSA) is 58.6 Å². The summed E-state index contributed by atoms with van der Waals surface area (Å²) in [5, 5.41) is 3.62. The van der Waals surface area contributed by atoms with Crippen LogP contribution in [0.5, 0.6) is 0 Å². The van der Waals surface area contributed by atoms with Crippen molar-refractivity contribution in [3.05, 3.63) is 87.8 Å². The molecule has 1 aliphatic rings. The second-order valence-electron chi connectivity index (χ2n) is 7.97. The fraction of sp³-hybridized carbons (Fsp3) is 0.308. The zero-order valence-corrected chi connectivity index (χ0v) is 19.3. The van der Waals surface area contributed by atoms with Gasteiger partial charge in [0.05, 0.1) is 24.8 Å². The molecule has 0 aliphatic heterocycles. The predicted molar refractivity (Wildman–Crippen MR) is 128 cm³/mol. The first-order valence-corrected chi connectivity index (χ1v) is 11.8. The molecule has 0 fully saturated rings. The normalized spacial score (nSPS) is 12.8. The van der Waals surface area contributed by atoms with Crippen molar-refractivity contribution in [1.82, 2.24) is 4.90 Å². The summed E-state index contributed by atoms with van der Waals surface area (Å²) in [6, 6.07) is 20.3. The van der Waals surface area contributed by atoms with Gasteiger partial charge in [0.25, 0.3) is 0 Å². The maximum atomic E-state index is 13.1. The van der Waals surface area contributed by atoms with Gasteiger partial charge >= 0.3 is 5.97 Å². The van der Waals surface area contributed by atoms with Crippen molar-refractivity contribution in [2.24, 2.45) is 0 Å². The van der Waals surface area contributed by atoms with E-state index in [1.807, 2.05) is 48.3 Å². The summed E-state index contributed by atoms with van der Waals surface area (Å²) in [6.07, 6.45) is 2.85. The molecule has 166 valence electrons. The molecular weight excluding hydrogens is 420 g/mol. The van der Waals surface area contributed by atoms with Crippen LogP contribution in [0.3, 0.4) is 0 Å².